The topological polar surface area (TPSA) is 8.17 Å². The molecule has 1 aliphatic rings. The first kappa shape index (κ1) is 13.4. The fraction of sp³-hybridized carbons (Fsp3) is 0.294. The van der Waals surface area contributed by atoms with E-state index in [-0.39, 0.29) is 0 Å². The average molecular weight is 317 g/mol. The van der Waals surface area contributed by atoms with Gasteiger partial charge in [0, 0.05) is 37.1 Å². The molecule has 4 heteroatoms. The van der Waals surface area contributed by atoms with Gasteiger partial charge in [-0.3, -0.25) is 0 Å². The zero-order chi connectivity index (χ0) is 14.4. The van der Waals surface area contributed by atoms with Crippen molar-refractivity contribution in [1.82, 2.24) is 9.47 Å². The molecule has 1 aliphatic heterocycles. The summed E-state index contributed by atoms with van der Waals surface area (Å²) in [6.07, 6.45) is 1.12. The van der Waals surface area contributed by atoms with Crippen molar-refractivity contribution in [3.8, 4) is 0 Å². The highest BCUT2D eigenvalue weighted by molar-refractivity contribution is 7.22. The number of fused-ring (bicyclic) bond motifs is 3. The maximum absolute atomic E-state index is 6.27. The van der Waals surface area contributed by atoms with Crippen molar-refractivity contribution in [2.24, 2.45) is 0 Å². The Hall–Kier alpha value is -1.29. The predicted octanol–water partition coefficient (Wildman–Crippen LogP) is 4.39. The van der Waals surface area contributed by atoms with Crippen LogP contribution in [0.4, 0.5) is 0 Å². The van der Waals surface area contributed by atoms with Crippen LogP contribution in [0.3, 0.4) is 0 Å². The van der Waals surface area contributed by atoms with Crippen LogP contribution in [-0.4, -0.2) is 23.1 Å². The number of hydrogen-bond acceptors (Lipinski definition) is 2. The highest BCUT2D eigenvalue weighted by atomic mass is 35.5. The van der Waals surface area contributed by atoms with Crippen LogP contribution in [0.5, 0.6) is 0 Å². The number of benzene rings is 1. The van der Waals surface area contributed by atoms with Gasteiger partial charge < -0.3 is 9.47 Å². The van der Waals surface area contributed by atoms with Gasteiger partial charge in [0.2, 0.25) is 0 Å². The molecular weight excluding hydrogens is 300 g/mol. The minimum atomic E-state index is 0.887. The summed E-state index contributed by atoms with van der Waals surface area (Å²) in [6.45, 7) is 3.10. The van der Waals surface area contributed by atoms with E-state index in [2.05, 4.69) is 52.9 Å². The Morgan fingerprint density at radius 3 is 2.86 bits per heavy atom. The lowest BCUT2D eigenvalue weighted by molar-refractivity contribution is 0.310. The van der Waals surface area contributed by atoms with Gasteiger partial charge in [-0.2, -0.15) is 0 Å². The zero-order valence-corrected chi connectivity index (χ0v) is 13.5. The van der Waals surface area contributed by atoms with Gasteiger partial charge in [-0.25, -0.2) is 0 Å². The smallest absolute Gasteiger partial charge is 0.105 e. The van der Waals surface area contributed by atoms with Crippen molar-refractivity contribution in [3.63, 3.8) is 0 Å². The van der Waals surface area contributed by atoms with Gasteiger partial charge in [-0.1, -0.05) is 41.9 Å². The Labute approximate surface area is 133 Å². The molecule has 3 heterocycles. The van der Waals surface area contributed by atoms with Gasteiger partial charge in [-0.05, 0) is 24.2 Å². The summed E-state index contributed by atoms with van der Waals surface area (Å²) in [5.74, 6) is 0. The first-order chi connectivity index (χ1) is 10.2. The van der Waals surface area contributed by atoms with Crippen LogP contribution < -0.4 is 0 Å². The van der Waals surface area contributed by atoms with E-state index in [0.717, 1.165) is 30.4 Å². The molecule has 3 aromatic rings. The summed E-state index contributed by atoms with van der Waals surface area (Å²) in [4.78, 5) is 3.71. The second kappa shape index (κ2) is 5.16. The molecule has 0 N–H and O–H groups in total. The van der Waals surface area contributed by atoms with Crippen molar-refractivity contribution >= 4 is 33.2 Å². The Kier molecular flexibility index (Phi) is 3.29. The van der Waals surface area contributed by atoms with E-state index in [1.54, 1.807) is 11.3 Å². The Bertz CT molecular complexity index is 788. The van der Waals surface area contributed by atoms with E-state index in [0.29, 0.717) is 0 Å². The maximum atomic E-state index is 6.27. The normalized spacial score (nSPS) is 15.5. The molecule has 0 fully saturated rings. The quantitative estimate of drug-likeness (QED) is 0.680. The lowest BCUT2D eigenvalue weighted by atomic mass is 10.1. The summed E-state index contributed by atoms with van der Waals surface area (Å²) in [5.41, 5.74) is 4.31. The van der Waals surface area contributed by atoms with Crippen molar-refractivity contribution in [3.05, 3.63) is 57.6 Å². The van der Waals surface area contributed by atoms with Gasteiger partial charge in [0.15, 0.2) is 0 Å². The maximum Gasteiger partial charge on any atom is 0.105 e. The molecule has 1 aromatic carbocycles. The molecule has 4 rings (SSSR count). The van der Waals surface area contributed by atoms with E-state index in [4.69, 9.17) is 11.6 Å². The summed E-state index contributed by atoms with van der Waals surface area (Å²) in [6, 6.07) is 12.8. The third-order valence-electron chi connectivity index (χ3n) is 4.27. The van der Waals surface area contributed by atoms with Crippen LogP contribution in [0.2, 0.25) is 4.34 Å². The van der Waals surface area contributed by atoms with Crippen LogP contribution in [-0.2, 0) is 19.5 Å². The van der Waals surface area contributed by atoms with E-state index in [9.17, 15) is 0 Å². The van der Waals surface area contributed by atoms with Crippen molar-refractivity contribution < 1.29 is 0 Å². The van der Waals surface area contributed by atoms with Gasteiger partial charge in [0.1, 0.15) is 4.83 Å². The number of rotatable bonds is 2. The number of hydrogen-bond donors (Lipinski definition) is 0. The number of halogens is 1. The molecule has 0 unspecified atom stereocenters. The third kappa shape index (κ3) is 2.30. The molecule has 21 heavy (non-hydrogen) atoms. The largest absolute Gasteiger partial charge is 0.332 e. The number of nitrogens with zero attached hydrogens (tertiary/aromatic N) is 2. The van der Waals surface area contributed by atoms with E-state index >= 15 is 0 Å². The van der Waals surface area contributed by atoms with Gasteiger partial charge in [0.05, 0.1) is 4.34 Å². The second-order valence-electron chi connectivity index (χ2n) is 5.75. The van der Waals surface area contributed by atoms with Crippen LogP contribution in [0.25, 0.3) is 10.2 Å². The minimum absolute atomic E-state index is 0.887. The highest BCUT2D eigenvalue weighted by Crippen LogP contribution is 2.38. The molecule has 0 saturated carbocycles. The molecule has 0 spiro atoms. The monoisotopic (exact) mass is 316 g/mol. The Morgan fingerprint density at radius 1 is 1.24 bits per heavy atom. The molecule has 108 valence electrons. The van der Waals surface area contributed by atoms with Gasteiger partial charge in [0.25, 0.3) is 0 Å². The van der Waals surface area contributed by atoms with Crippen LogP contribution >= 0.6 is 22.9 Å². The summed E-state index contributed by atoms with van der Waals surface area (Å²) >= 11 is 7.97. The minimum Gasteiger partial charge on any atom is -0.332 e. The fourth-order valence-electron chi connectivity index (χ4n) is 3.25. The van der Waals surface area contributed by atoms with E-state index in [1.165, 1.54) is 27.0 Å². The molecule has 0 amide bonds. The van der Waals surface area contributed by atoms with E-state index < -0.39 is 0 Å². The van der Waals surface area contributed by atoms with E-state index in [1.807, 2.05) is 0 Å². The molecule has 0 saturated heterocycles. The molecule has 2 nitrogen and oxygen atoms in total. The second-order valence-corrected chi connectivity index (χ2v) is 7.42. The standard InChI is InChI=1S/C17H17ClN2S/c1-19-8-7-15-14(11-19)13-9-16(18)21-17(13)20(15)10-12-5-3-2-4-6-12/h2-6,9H,7-8,10-11H2,1H3. The Morgan fingerprint density at radius 2 is 2.05 bits per heavy atom. The summed E-state index contributed by atoms with van der Waals surface area (Å²) in [7, 11) is 2.19. The number of aromatic nitrogens is 1. The van der Waals surface area contributed by atoms with Crippen molar-refractivity contribution in [2.75, 3.05) is 13.6 Å². The molecule has 0 aliphatic carbocycles. The number of thiophene rings is 1. The van der Waals surface area contributed by atoms with Gasteiger partial charge in [-0.15, -0.1) is 11.3 Å². The van der Waals surface area contributed by atoms with Crippen molar-refractivity contribution in [1.29, 1.82) is 0 Å². The zero-order valence-electron chi connectivity index (χ0n) is 12.0. The molecule has 2 aromatic heterocycles. The van der Waals surface area contributed by atoms with Crippen LogP contribution in [0.15, 0.2) is 36.4 Å². The average Bonchev–Trinajstić information content (AvgIpc) is 2.98. The summed E-state index contributed by atoms with van der Waals surface area (Å²) in [5, 5.41) is 1.35. The first-order valence-corrected chi connectivity index (χ1v) is 8.43. The van der Waals surface area contributed by atoms with Crippen LogP contribution in [0.1, 0.15) is 16.8 Å². The predicted molar refractivity (Wildman–Crippen MR) is 90.4 cm³/mol. The summed E-state index contributed by atoms with van der Waals surface area (Å²) < 4.78 is 3.36. The molecule has 0 bridgehead atoms. The van der Waals surface area contributed by atoms with Crippen LogP contribution in [0, 0.1) is 0 Å². The lowest BCUT2D eigenvalue weighted by Gasteiger charge is -2.24. The highest BCUT2D eigenvalue weighted by Gasteiger charge is 2.23. The third-order valence-corrected chi connectivity index (χ3v) is 5.56. The lowest BCUT2D eigenvalue weighted by Crippen LogP contribution is -2.27. The Balaban J connectivity index is 1.87. The number of likely N-dealkylation sites (N-methyl/N-ethyl adjacent to an activating group) is 1. The molecule has 0 atom stereocenters. The van der Waals surface area contributed by atoms with Gasteiger partial charge >= 0.3 is 0 Å². The van der Waals surface area contributed by atoms with Crippen molar-refractivity contribution in [2.45, 2.75) is 19.5 Å². The first-order valence-electron chi connectivity index (χ1n) is 7.24. The molecule has 0 radical (unpaired) electrons. The SMILES string of the molecule is CN1CCc2c(c3cc(Cl)sc3n2Cc2ccccc2)C1. The molecular formula is C17H17ClN2S. The fourth-order valence-corrected chi connectivity index (χ4v) is 4.52.